The molecule has 0 amide bonds. The van der Waals surface area contributed by atoms with E-state index >= 15 is 0 Å². The van der Waals surface area contributed by atoms with Crippen molar-refractivity contribution in [3.8, 4) is 0 Å². The molecule has 0 saturated carbocycles. The molecule has 1 aliphatic heterocycles. The van der Waals surface area contributed by atoms with Gasteiger partial charge in [0, 0.05) is 5.92 Å². The van der Waals surface area contributed by atoms with E-state index in [-0.39, 0.29) is 12.1 Å². The molecular weight excluding hydrogens is 152 g/mol. The Morgan fingerprint density at radius 2 is 2.25 bits per heavy atom. The number of cyclic esters (lactones) is 1. The van der Waals surface area contributed by atoms with Crippen molar-refractivity contribution < 1.29 is 9.53 Å². The van der Waals surface area contributed by atoms with E-state index in [4.69, 9.17) is 4.74 Å². The van der Waals surface area contributed by atoms with Gasteiger partial charge in [-0.2, -0.15) is 0 Å². The third kappa shape index (κ3) is 2.50. The van der Waals surface area contributed by atoms with Gasteiger partial charge in [-0.15, -0.1) is 0 Å². The third-order valence-electron chi connectivity index (χ3n) is 2.43. The molecule has 1 aliphatic rings. The Morgan fingerprint density at radius 3 is 2.67 bits per heavy atom. The lowest BCUT2D eigenvalue weighted by Gasteiger charge is -2.14. The van der Waals surface area contributed by atoms with Crippen LogP contribution in [0.25, 0.3) is 0 Å². The van der Waals surface area contributed by atoms with Gasteiger partial charge in [0.05, 0.1) is 6.42 Å². The predicted octanol–water partition coefficient (Wildman–Crippen LogP) is 2.37. The number of carbonyl (C=O) groups excluding carboxylic acids is 1. The number of esters is 1. The smallest absolute Gasteiger partial charge is 0.306 e. The van der Waals surface area contributed by atoms with Crippen LogP contribution in [-0.2, 0) is 9.53 Å². The average molecular weight is 170 g/mol. The zero-order chi connectivity index (χ0) is 9.14. The first-order valence-corrected chi connectivity index (χ1v) is 4.79. The van der Waals surface area contributed by atoms with Crippen molar-refractivity contribution in [2.45, 2.75) is 46.1 Å². The molecule has 0 spiro atoms. The van der Waals surface area contributed by atoms with Crippen LogP contribution in [-0.4, -0.2) is 12.1 Å². The standard InChI is InChI=1S/C10H18O2/c1-7(2)4-5-9-8(3)6-10(11)12-9/h7-9H,4-6H2,1-3H3. The summed E-state index contributed by atoms with van der Waals surface area (Å²) in [5.41, 5.74) is 0. The monoisotopic (exact) mass is 170 g/mol. The maximum absolute atomic E-state index is 10.9. The third-order valence-corrected chi connectivity index (χ3v) is 2.43. The van der Waals surface area contributed by atoms with E-state index < -0.39 is 0 Å². The van der Waals surface area contributed by atoms with Gasteiger partial charge in [-0.25, -0.2) is 0 Å². The normalized spacial score (nSPS) is 29.5. The van der Waals surface area contributed by atoms with Gasteiger partial charge in [0.1, 0.15) is 6.10 Å². The predicted molar refractivity (Wildman–Crippen MR) is 47.7 cm³/mol. The van der Waals surface area contributed by atoms with Crippen molar-refractivity contribution in [1.82, 2.24) is 0 Å². The zero-order valence-corrected chi connectivity index (χ0v) is 8.17. The Bertz CT molecular complexity index is 163. The van der Waals surface area contributed by atoms with Crippen LogP contribution in [0, 0.1) is 11.8 Å². The van der Waals surface area contributed by atoms with Crippen LogP contribution in [0.15, 0.2) is 0 Å². The molecular formula is C10H18O2. The topological polar surface area (TPSA) is 26.3 Å². The molecule has 0 radical (unpaired) electrons. The van der Waals surface area contributed by atoms with E-state index in [9.17, 15) is 4.79 Å². The van der Waals surface area contributed by atoms with Gasteiger partial charge in [0.25, 0.3) is 0 Å². The van der Waals surface area contributed by atoms with Crippen molar-refractivity contribution in [2.75, 3.05) is 0 Å². The molecule has 2 heteroatoms. The number of hydrogen-bond acceptors (Lipinski definition) is 2. The molecule has 2 nitrogen and oxygen atoms in total. The Kier molecular flexibility index (Phi) is 3.12. The maximum Gasteiger partial charge on any atom is 0.306 e. The fourth-order valence-corrected chi connectivity index (χ4v) is 1.57. The minimum Gasteiger partial charge on any atom is -0.462 e. The summed E-state index contributed by atoms with van der Waals surface area (Å²) in [5.74, 6) is 1.11. The van der Waals surface area contributed by atoms with Gasteiger partial charge < -0.3 is 4.74 Å². The second-order valence-electron chi connectivity index (χ2n) is 4.18. The first-order chi connectivity index (χ1) is 5.59. The van der Waals surface area contributed by atoms with E-state index in [1.165, 1.54) is 0 Å². The Balaban J connectivity index is 2.28. The molecule has 1 fully saturated rings. The fraction of sp³-hybridized carbons (Fsp3) is 0.900. The van der Waals surface area contributed by atoms with Crippen LogP contribution in [0.5, 0.6) is 0 Å². The number of rotatable bonds is 3. The van der Waals surface area contributed by atoms with E-state index in [1.807, 2.05) is 0 Å². The zero-order valence-electron chi connectivity index (χ0n) is 8.17. The highest BCUT2D eigenvalue weighted by Gasteiger charge is 2.30. The van der Waals surface area contributed by atoms with Crippen LogP contribution in [0.3, 0.4) is 0 Å². The summed E-state index contributed by atoms with van der Waals surface area (Å²) in [5, 5.41) is 0. The quantitative estimate of drug-likeness (QED) is 0.608. The molecule has 1 heterocycles. The number of ether oxygens (including phenoxy) is 1. The van der Waals surface area contributed by atoms with Crippen molar-refractivity contribution in [3.63, 3.8) is 0 Å². The van der Waals surface area contributed by atoms with E-state index in [0.717, 1.165) is 12.8 Å². The summed E-state index contributed by atoms with van der Waals surface area (Å²) >= 11 is 0. The molecule has 0 aromatic rings. The lowest BCUT2D eigenvalue weighted by atomic mass is 9.96. The minimum absolute atomic E-state index is 0.0174. The Hall–Kier alpha value is -0.530. The minimum atomic E-state index is -0.0174. The summed E-state index contributed by atoms with van der Waals surface area (Å²) in [4.78, 5) is 10.9. The molecule has 2 atom stereocenters. The highest BCUT2D eigenvalue weighted by atomic mass is 16.5. The molecule has 1 saturated heterocycles. The van der Waals surface area contributed by atoms with Crippen molar-refractivity contribution >= 4 is 5.97 Å². The van der Waals surface area contributed by atoms with E-state index in [1.54, 1.807) is 0 Å². The molecule has 70 valence electrons. The average Bonchev–Trinajstić information content (AvgIpc) is 2.26. The summed E-state index contributed by atoms with van der Waals surface area (Å²) in [7, 11) is 0. The van der Waals surface area contributed by atoms with Crippen LogP contribution in [0.2, 0.25) is 0 Å². The largest absolute Gasteiger partial charge is 0.462 e. The van der Waals surface area contributed by atoms with Gasteiger partial charge in [0.2, 0.25) is 0 Å². The van der Waals surface area contributed by atoms with Gasteiger partial charge in [-0.1, -0.05) is 20.8 Å². The second-order valence-corrected chi connectivity index (χ2v) is 4.18. The highest BCUT2D eigenvalue weighted by molar-refractivity contribution is 5.71. The lowest BCUT2D eigenvalue weighted by Crippen LogP contribution is -2.14. The Labute approximate surface area is 74.3 Å². The summed E-state index contributed by atoms with van der Waals surface area (Å²) in [6.07, 6.45) is 3.00. The maximum atomic E-state index is 10.9. The number of hydrogen-bond donors (Lipinski definition) is 0. The van der Waals surface area contributed by atoms with Crippen molar-refractivity contribution in [3.05, 3.63) is 0 Å². The van der Waals surface area contributed by atoms with E-state index in [2.05, 4.69) is 20.8 Å². The summed E-state index contributed by atoms with van der Waals surface area (Å²) in [6.45, 7) is 6.48. The van der Waals surface area contributed by atoms with Crippen molar-refractivity contribution in [2.24, 2.45) is 11.8 Å². The molecule has 0 aliphatic carbocycles. The van der Waals surface area contributed by atoms with Crippen LogP contribution in [0.4, 0.5) is 0 Å². The van der Waals surface area contributed by atoms with Crippen LogP contribution < -0.4 is 0 Å². The van der Waals surface area contributed by atoms with Gasteiger partial charge >= 0.3 is 5.97 Å². The van der Waals surface area contributed by atoms with Gasteiger partial charge in [-0.3, -0.25) is 4.79 Å². The summed E-state index contributed by atoms with van der Waals surface area (Å²) < 4.78 is 5.19. The number of carbonyl (C=O) groups is 1. The van der Waals surface area contributed by atoms with Crippen LogP contribution >= 0.6 is 0 Å². The van der Waals surface area contributed by atoms with Crippen LogP contribution in [0.1, 0.15) is 40.0 Å². The Morgan fingerprint density at radius 1 is 1.58 bits per heavy atom. The summed E-state index contributed by atoms with van der Waals surface area (Å²) in [6, 6.07) is 0. The molecule has 0 aromatic heterocycles. The fourth-order valence-electron chi connectivity index (χ4n) is 1.57. The molecule has 0 aromatic carbocycles. The highest BCUT2D eigenvalue weighted by Crippen LogP contribution is 2.26. The first kappa shape index (κ1) is 9.56. The van der Waals surface area contributed by atoms with Gasteiger partial charge in [-0.05, 0) is 18.8 Å². The first-order valence-electron chi connectivity index (χ1n) is 4.79. The molecule has 0 bridgehead atoms. The molecule has 1 rings (SSSR count). The SMILES string of the molecule is CC(C)CCC1OC(=O)CC1C. The second kappa shape index (κ2) is 3.92. The molecule has 12 heavy (non-hydrogen) atoms. The molecule has 0 N–H and O–H groups in total. The van der Waals surface area contributed by atoms with Crippen molar-refractivity contribution in [1.29, 1.82) is 0 Å². The lowest BCUT2D eigenvalue weighted by molar-refractivity contribution is -0.141. The molecule has 2 unspecified atom stereocenters. The van der Waals surface area contributed by atoms with E-state index in [0.29, 0.717) is 18.3 Å². The van der Waals surface area contributed by atoms with Gasteiger partial charge in [0.15, 0.2) is 0 Å².